The summed E-state index contributed by atoms with van der Waals surface area (Å²) < 4.78 is 31.6. The molecular weight excluding hydrogens is 289 g/mol. The maximum Gasteiger partial charge on any atom is 1.00 e. The van der Waals surface area contributed by atoms with E-state index in [4.69, 9.17) is 23.3 Å². The molecule has 0 bridgehead atoms. The Kier molecular flexibility index (Phi) is 8.71. The maximum atomic E-state index is 8.74. The van der Waals surface area contributed by atoms with E-state index in [-0.39, 0.29) is 31.0 Å². The van der Waals surface area contributed by atoms with Gasteiger partial charge in [0.15, 0.2) is 0 Å². The predicted molar refractivity (Wildman–Crippen MR) is 75.4 cm³/mol. The van der Waals surface area contributed by atoms with Crippen LogP contribution in [0, 0.1) is 0 Å². The van der Waals surface area contributed by atoms with E-state index in [1.54, 1.807) is 0 Å². The van der Waals surface area contributed by atoms with Crippen LogP contribution in [-0.4, -0.2) is 17.5 Å². The van der Waals surface area contributed by atoms with Gasteiger partial charge in [0.05, 0.1) is 0 Å². The van der Waals surface area contributed by atoms with Crippen LogP contribution in [0.1, 0.15) is 12.6 Å². The van der Waals surface area contributed by atoms with Crippen molar-refractivity contribution in [2.75, 3.05) is 5.73 Å². The Morgan fingerprint density at radius 2 is 1.40 bits per heavy atom. The Labute approximate surface area is 142 Å². The van der Waals surface area contributed by atoms with E-state index in [2.05, 4.69) is 30.3 Å². The summed E-state index contributed by atoms with van der Waals surface area (Å²) in [6.07, 6.45) is 0.910. The predicted octanol–water partition coefficient (Wildman–Crippen LogP) is -0.677. The summed E-state index contributed by atoms with van der Waals surface area (Å²) in [5.41, 5.74) is 9.23. The van der Waals surface area contributed by atoms with Crippen LogP contribution in [0.3, 0.4) is 0 Å². The third-order valence-electron chi connectivity index (χ3n) is 2.29. The molecule has 2 aromatic rings. The van der Waals surface area contributed by atoms with Crippen LogP contribution in [0.15, 0.2) is 54.6 Å². The Bertz CT molecular complexity index is 615. The van der Waals surface area contributed by atoms with Gasteiger partial charge in [0.2, 0.25) is 0 Å². The number of rotatable bonds is 2. The first-order valence-electron chi connectivity index (χ1n) is 5.43. The van der Waals surface area contributed by atoms with E-state index in [1.807, 2.05) is 24.3 Å². The van der Waals surface area contributed by atoms with Crippen molar-refractivity contribution in [2.24, 2.45) is 0 Å². The average Bonchev–Trinajstić information content (AvgIpc) is 2.31. The molecule has 0 heterocycles. The van der Waals surface area contributed by atoms with Crippen molar-refractivity contribution in [2.45, 2.75) is 6.42 Å². The molecule has 0 saturated heterocycles. The molecule has 0 amide bonds. The fourth-order valence-corrected chi connectivity index (χ4v) is 1.51. The zero-order chi connectivity index (χ0) is 14.3. The minimum atomic E-state index is -4.67. The summed E-state index contributed by atoms with van der Waals surface area (Å²) in [7, 11) is -4.67. The van der Waals surface area contributed by atoms with Crippen LogP contribution in [-0.2, 0) is 16.8 Å². The second-order valence-corrected chi connectivity index (χ2v) is 4.70. The van der Waals surface area contributed by atoms with Gasteiger partial charge >= 0.3 is 40.0 Å². The van der Waals surface area contributed by atoms with Gasteiger partial charge in [-0.15, -0.1) is 0 Å². The van der Waals surface area contributed by atoms with Crippen molar-refractivity contribution in [3.63, 3.8) is 0 Å². The van der Waals surface area contributed by atoms with Gasteiger partial charge in [-0.25, -0.2) is 0 Å². The molecule has 0 aliphatic carbocycles. The molecule has 0 spiro atoms. The Morgan fingerprint density at radius 1 is 0.950 bits per heavy atom. The van der Waals surface area contributed by atoms with Crippen molar-refractivity contribution in [3.05, 3.63) is 65.7 Å². The molecule has 0 aliphatic heterocycles. The first-order valence-corrected chi connectivity index (χ1v) is 6.83. The van der Waals surface area contributed by atoms with Crippen LogP contribution >= 0.6 is 0 Å². The molecule has 0 fully saturated rings. The van der Waals surface area contributed by atoms with E-state index in [1.165, 1.54) is 11.1 Å². The molecule has 0 aromatic heterocycles. The van der Waals surface area contributed by atoms with E-state index in [0.717, 1.165) is 12.1 Å². The third kappa shape index (κ3) is 9.08. The number of hydrogen-bond acceptors (Lipinski definition) is 3. The zero-order valence-corrected chi connectivity index (χ0v) is 13.9. The fraction of sp³-hybridized carbons (Fsp3) is 0.0769. The van der Waals surface area contributed by atoms with Gasteiger partial charge in [-0.05, 0) is 23.6 Å². The van der Waals surface area contributed by atoms with Crippen LogP contribution < -0.4 is 35.3 Å². The second-order valence-electron chi connectivity index (χ2n) is 3.81. The standard InChI is InChI=1S/C13H13N.Na.H2O4S.H/c14-13-9-5-4-8-12(13)10-11-6-2-1-3-7-11;;1-5(2,3)4;/h1-9H,10,14H2;;(H2,1,2,3,4);/q;+1;;-1. The minimum absolute atomic E-state index is 0. The SMILES string of the molecule is Nc1ccccc1Cc1ccccc1.O=S(=O)(O)O.[H-].[Na+]. The summed E-state index contributed by atoms with van der Waals surface area (Å²) in [5.74, 6) is 0. The topological polar surface area (TPSA) is 101 Å². The molecule has 4 N–H and O–H groups in total. The van der Waals surface area contributed by atoms with E-state index < -0.39 is 10.4 Å². The van der Waals surface area contributed by atoms with Crippen molar-refractivity contribution in [1.82, 2.24) is 0 Å². The summed E-state index contributed by atoms with van der Waals surface area (Å²) in [6.45, 7) is 0. The summed E-state index contributed by atoms with van der Waals surface area (Å²) in [4.78, 5) is 0. The number of benzene rings is 2. The fourth-order valence-electron chi connectivity index (χ4n) is 1.51. The molecule has 0 aliphatic rings. The molecule has 20 heavy (non-hydrogen) atoms. The number of para-hydroxylation sites is 1. The quantitative estimate of drug-likeness (QED) is 0.388. The van der Waals surface area contributed by atoms with Crippen molar-refractivity contribution in [3.8, 4) is 0 Å². The Morgan fingerprint density at radius 3 is 1.90 bits per heavy atom. The number of anilines is 1. The minimum Gasteiger partial charge on any atom is -1.00 e. The Balaban J connectivity index is 0. The van der Waals surface area contributed by atoms with Crippen molar-refractivity contribution in [1.29, 1.82) is 0 Å². The second kappa shape index (κ2) is 9.12. The number of nitrogens with two attached hydrogens (primary N) is 1. The van der Waals surface area contributed by atoms with E-state index in [9.17, 15) is 0 Å². The molecular formula is C13H16NNaO4S. The first kappa shape index (κ1) is 19.1. The smallest absolute Gasteiger partial charge is 1.00 e. The van der Waals surface area contributed by atoms with Crippen LogP contribution in [0.5, 0.6) is 0 Å². The van der Waals surface area contributed by atoms with Gasteiger partial charge < -0.3 is 7.16 Å². The third-order valence-corrected chi connectivity index (χ3v) is 2.29. The van der Waals surface area contributed by atoms with Gasteiger partial charge in [0.1, 0.15) is 0 Å². The summed E-state index contributed by atoms with van der Waals surface area (Å²) in [6, 6.07) is 18.4. The molecule has 0 atom stereocenters. The largest absolute Gasteiger partial charge is 1.00 e. The monoisotopic (exact) mass is 305 g/mol. The van der Waals surface area contributed by atoms with Crippen molar-refractivity contribution < 1.29 is 48.5 Å². The molecule has 5 nitrogen and oxygen atoms in total. The Hall–Kier alpha value is -0.890. The van der Waals surface area contributed by atoms with Crippen LogP contribution in [0.2, 0.25) is 0 Å². The average molecular weight is 305 g/mol. The first-order chi connectivity index (χ1) is 8.86. The molecule has 2 rings (SSSR count). The van der Waals surface area contributed by atoms with Crippen LogP contribution in [0.25, 0.3) is 0 Å². The van der Waals surface area contributed by atoms with Gasteiger partial charge in [0, 0.05) is 5.69 Å². The molecule has 0 radical (unpaired) electrons. The summed E-state index contributed by atoms with van der Waals surface area (Å²) >= 11 is 0. The normalized spacial score (nSPS) is 9.90. The number of hydrogen-bond donors (Lipinski definition) is 3. The van der Waals surface area contributed by atoms with E-state index >= 15 is 0 Å². The molecule has 0 saturated carbocycles. The van der Waals surface area contributed by atoms with Gasteiger partial charge in [-0.1, -0.05) is 48.5 Å². The van der Waals surface area contributed by atoms with Crippen LogP contribution in [0.4, 0.5) is 5.69 Å². The van der Waals surface area contributed by atoms with Crippen molar-refractivity contribution >= 4 is 16.1 Å². The van der Waals surface area contributed by atoms with E-state index in [0.29, 0.717) is 0 Å². The molecule has 7 heteroatoms. The van der Waals surface area contributed by atoms with Gasteiger partial charge in [-0.2, -0.15) is 8.42 Å². The zero-order valence-electron chi connectivity index (χ0n) is 12.1. The molecule has 0 unspecified atom stereocenters. The summed E-state index contributed by atoms with van der Waals surface area (Å²) in [5, 5.41) is 0. The molecule has 2 aromatic carbocycles. The molecule has 104 valence electrons. The van der Waals surface area contributed by atoms with Gasteiger partial charge in [-0.3, -0.25) is 9.11 Å². The number of nitrogen functional groups attached to an aromatic ring is 1. The van der Waals surface area contributed by atoms with Gasteiger partial charge in [0.25, 0.3) is 0 Å². The maximum absolute atomic E-state index is 8.74.